The molecule has 0 aliphatic heterocycles. The van der Waals surface area contributed by atoms with Crippen molar-refractivity contribution >= 4 is 67.4 Å². The van der Waals surface area contributed by atoms with E-state index in [2.05, 4.69) is 10.3 Å². The highest BCUT2D eigenvalue weighted by atomic mass is 35.5. The van der Waals surface area contributed by atoms with Crippen LogP contribution in [-0.2, 0) is 4.79 Å². The Balaban J connectivity index is 1.65. The molecule has 0 aliphatic carbocycles. The minimum atomic E-state index is -0.318. The highest BCUT2D eigenvalue weighted by molar-refractivity contribution is 7.22. The zero-order valence-electron chi connectivity index (χ0n) is 11.5. The van der Waals surface area contributed by atoms with Gasteiger partial charge in [0.1, 0.15) is 11.3 Å². The zero-order valence-corrected chi connectivity index (χ0v) is 14.6. The van der Waals surface area contributed by atoms with Gasteiger partial charge in [-0.3, -0.25) is 10.1 Å². The number of anilines is 1. The van der Waals surface area contributed by atoms with Crippen LogP contribution in [0.25, 0.3) is 10.2 Å². The van der Waals surface area contributed by atoms with Gasteiger partial charge in [0.2, 0.25) is 0 Å². The quantitative estimate of drug-likeness (QED) is 0.663. The predicted molar refractivity (Wildman–Crippen MR) is 95.2 cm³/mol. The van der Waals surface area contributed by atoms with Crippen LogP contribution in [0.2, 0.25) is 15.1 Å². The second-order valence-electron chi connectivity index (χ2n) is 4.54. The van der Waals surface area contributed by atoms with E-state index < -0.39 is 0 Å². The van der Waals surface area contributed by atoms with Gasteiger partial charge in [-0.25, -0.2) is 4.98 Å². The number of carbonyl (C=O) groups is 1. The van der Waals surface area contributed by atoms with Crippen molar-refractivity contribution in [3.63, 3.8) is 0 Å². The first kappa shape index (κ1) is 16.3. The van der Waals surface area contributed by atoms with Crippen molar-refractivity contribution < 1.29 is 9.53 Å². The lowest BCUT2D eigenvalue weighted by Crippen LogP contribution is -2.19. The number of carbonyl (C=O) groups excluding carboxylic acids is 1. The molecular formula is C15H9Cl3N2O2S. The lowest BCUT2D eigenvalue weighted by Gasteiger charge is -2.05. The van der Waals surface area contributed by atoms with E-state index in [-0.39, 0.29) is 12.5 Å². The van der Waals surface area contributed by atoms with Crippen molar-refractivity contribution in [3.05, 3.63) is 51.5 Å². The molecule has 0 saturated carbocycles. The first-order valence-electron chi connectivity index (χ1n) is 6.45. The first-order chi connectivity index (χ1) is 11.0. The molecule has 0 radical (unpaired) electrons. The maximum Gasteiger partial charge on any atom is 0.264 e. The number of hydrogen-bond acceptors (Lipinski definition) is 4. The molecule has 1 amide bonds. The second-order valence-corrected chi connectivity index (χ2v) is 6.85. The summed E-state index contributed by atoms with van der Waals surface area (Å²) in [7, 11) is 0. The molecule has 1 heterocycles. The average Bonchev–Trinajstić information content (AvgIpc) is 2.89. The van der Waals surface area contributed by atoms with E-state index in [1.807, 2.05) is 0 Å². The fourth-order valence-corrected chi connectivity index (χ4v) is 3.58. The highest BCUT2D eigenvalue weighted by Gasteiger charge is 2.11. The van der Waals surface area contributed by atoms with Gasteiger partial charge in [0.15, 0.2) is 11.7 Å². The molecule has 3 rings (SSSR count). The van der Waals surface area contributed by atoms with Gasteiger partial charge >= 0.3 is 0 Å². The molecule has 0 bridgehead atoms. The number of nitrogens with zero attached hydrogens (tertiary/aromatic N) is 1. The van der Waals surface area contributed by atoms with Crippen LogP contribution >= 0.6 is 46.1 Å². The topological polar surface area (TPSA) is 51.2 Å². The van der Waals surface area contributed by atoms with Gasteiger partial charge < -0.3 is 4.74 Å². The van der Waals surface area contributed by atoms with E-state index in [0.717, 1.165) is 4.70 Å². The summed E-state index contributed by atoms with van der Waals surface area (Å²) in [6.07, 6.45) is 0. The van der Waals surface area contributed by atoms with Crippen molar-refractivity contribution in [3.8, 4) is 5.75 Å². The van der Waals surface area contributed by atoms with E-state index in [4.69, 9.17) is 39.5 Å². The first-order valence-corrected chi connectivity index (χ1v) is 8.40. The molecule has 118 valence electrons. The Hall–Kier alpha value is -1.53. The lowest BCUT2D eigenvalue weighted by atomic mass is 10.3. The third kappa shape index (κ3) is 4.06. The molecule has 4 nitrogen and oxygen atoms in total. The SMILES string of the molecule is O=C(COc1ccc(Cl)cc1)Nc1nc2c(Cl)cc(Cl)cc2s1. The van der Waals surface area contributed by atoms with Crippen LogP contribution in [0.4, 0.5) is 5.13 Å². The third-order valence-electron chi connectivity index (χ3n) is 2.84. The third-order valence-corrected chi connectivity index (χ3v) is 4.52. The smallest absolute Gasteiger partial charge is 0.264 e. The van der Waals surface area contributed by atoms with Crippen molar-refractivity contribution in [2.75, 3.05) is 11.9 Å². The summed E-state index contributed by atoms with van der Waals surface area (Å²) in [4.78, 5) is 16.2. The van der Waals surface area contributed by atoms with Gasteiger partial charge in [-0.2, -0.15) is 0 Å². The Bertz CT molecular complexity index is 865. The van der Waals surface area contributed by atoms with E-state index in [0.29, 0.717) is 31.5 Å². The predicted octanol–water partition coefficient (Wildman–Crippen LogP) is 5.27. The van der Waals surface area contributed by atoms with Crippen LogP contribution in [0.3, 0.4) is 0 Å². The maximum atomic E-state index is 11.9. The molecular weight excluding hydrogens is 379 g/mol. The maximum absolute atomic E-state index is 11.9. The van der Waals surface area contributed by atoms with E-state index in [9.17, 15) is 4.79 Å². The molecule has 0 saturated heterocycles. The molecule has 0 aliphatic rings. The summed E-state index contributed by atoms with van der Waals surface area (Å²) >= 11 is 19.1. The van der Waals surface area contributed by atoms with E-state index >= 15 is 0 Å². The molecule has 0 fully saturated rings. The Morgan fingerprint density at radius 2 is 1.87 bits per heavy atom. The van der Waals surface area contributed by atoms with E-state index in [1.54, 1.807) is 36.4 Å². The Morgan fingerprint density at radius 3 is 2.61 bits per heavy atom. The van der Waals surface area contributed by atoms with Gasteiger partial charge in [-0.1, -0.05) is 46.1 Å². The number of thiazole rings is 1. The number of halogens is 3. The van der Waals surface area contributed by atoms with Crippen LogP contribution in [-0.4, -0.2) is 17.5 Å². The molecule has 2 aromatic carbocycles. The Labute approximate surface area is 150 Å². The number of ether oxygens (including phenoxy) is 1. The normalized spacial score (nSPS) is 10.7. The fourth-order valence-electron chi connectivity index (χ4n) is 1.85. The molecule has 0 atom stereocenters. The summed E-state index contributed by atoms with van der Waals surface area (Å²) in [5.41, 5.74) is 0.606. The van der Waals surface area contributed by atoms with Crippen LogP contribution in [0.5, 0.6) is 5.75 Å². The van der Waals surface area contributed by atoms with Crippen molar-refractivity contribution in [1.82, 2.24) is 4.98 Å². The minimum absolute atomic E-state index is 0.133. The second kappa shape index (κ2) is 6.93. The van der Waals surface area contributed by atoms with Gasteiger partial charge in [0.25, 0.3) is 5.91 Å². The monoisotopic (exact) mass is 386 g/mol. The number of nitrogens with one attached hydrogen (secondary N) is 1. The van der Waals surface area contributed by atoms with Gasteiger partial charge in [0.05, 0.1) is 9.72 Å². The van der Waals surface area contributed by atoms with Crippen molar-refractivity contribution in [2.24, 2.45) is 0 Å². The summed E-state index contributed by atoms with van der Waals surface area (Å²) < 4.78 is 6.17. The summed E-state index contributed by atoms with van der Waals surface area (Å²) in [6.45, 7) is -0.133. The van der Waals surface area contributed by atoms with Gasteiger partial charge in [-0.05, 0) is 36.4 Å². The molecule has 23 heavy (non-hydrogen) atoms. The van der Waals surface area contributed by atoms with Crippen molar-refractivity contribution in [1.29, 1.82) is 0 Å². The number of fused-ring (bicyclic) bond motifs is 1. The Kier molecular flexibility index (Phi) is 4.92. The van der Waals surface area contributed by atoms with Gasteiger partial charge in [0, 0.05) is 10.0 Å². The minimum Gasteiger partial charge on any atom is -0.484 e. The molecule has 1 N–H and O–H groups in total. The number of amides is 1. The Morgan fingerprint density at radius 1 is 1.13 bits per heavy atom. The van der Waals surface area contributed by atoms with Crippen molar-refractivity contribution in [2.45, 2.75) is 0 Å². The number of hydrogen-bond donors (Lipinski definition) is 1. The molecule has 3 aromatic rings. The number of benzene rings is 2. The number of rotatable bonds is 4. The number of aromatic nitrogens is 1. The lowest BCUT2D eigenvalue weighted by molar-refractivity contribution is -0.118. The molecule has 1 aromatic heterocycles. The summed E-state index contributed by atoms with van der Waals surface area (Å²) in [5.74, 6) is 0.241. The molecule has 8 heteroatoms. The fraction of sp³-hybridized carbons (Fsp3) is 0.0667. The van der Waals surface area contributed by atoms with Gasteiger partial charge in [-0.15, -0.1) is 0 Å². The van der Waals surface area contributed by atoms with E-state index in [1.165, 1.54) is 11.3 Å². The highest BCUT2D eigenvalue weighted by Crippen LogP contribution is 2.33. The zero-order chi connectivity index (χ0) is 16.4. The summed E-state index contributed by atoms with van der Waals surface area (Å²) in [6, 6.07) is 10.1. The van der Waals surface area contributed by atoms with Crippen LogP contribution in [0.15, 0.2) is 36.4 Å². The summed E-state index contributed by atoms with van der Waals surface area (Å²) in [5, 5.41) is 4.69. The molecule has 0 spiro atoms. The molecule has 0 unspecified atom stereocenters. The largest absolute Gasteiger partial charge is 0.484 e. The average molecular weight is 388 g/mol. The standard InChI is InChI=1S/C15H9Cl3N2O2S/c16-8-1-3-10(4-2-8)22-7-13(21)19-15-20-14-11(18)5-9(17)6-12(14)23-15/h1-6H,7H2,(H,19,20,21). The van der Waals surface area contributed by atoms with Crippen LogP contribution in [0.1, 0.15) is 0 Å². The van der Waals surface area contributed by atoms with Crippen LogP contribution in [0, 0.1) is 0 Å². The van der Waals surface area contributed by atoms with Crippen LogP contribution < -0.4 is 10.1 Å².